The molecule has 0 saturated carbocycles. The number of aromatic amines is 1. The number of imidazole rings is 1. The molecule has 1 heterocycles. The number of aromatic carboxylic acids is 1. The van der Waals surface area contributed by atoms with Crippen LogP contribution in [-0.4, -0.2) is 26.9 Å². The molecule has 2 rings (SSSR count). The number of carbonyl (C=O) groups is 1. The van der Waals surface area contributed by atoms with E-state index in [2.05, 4.69) is 9.97 Å². The lowest BCUT2D eigenvalue weighted by Crippen LogP contribution is -1.98. The number of anilines is 1. The predicted molar refractivity (Wildman–Crippen MR) is 61.9 cm³/mol. The second kappa shape index (κ2) is 4.02. The van der Waals surface area contributed by atoms with Crippen LogP contribution in [0.3, 0.4) is 0 Å². The summed E-state index contributed by atoms with van der Waals surface area (Å²) in [5.74, 6) is -0.745. The van der Waals surface area contributed by atoms with Crippen LogP contribution in [-0.2, 0) is 6.42 Å². The molecule has 1 aromatic carbocycles. The molecule has 0 spiro atoms. The van der Waals surface area contributed by atoms with E-state index in [1.807, 2.05) is 6.07 Å². The monoisotopic (exact) mass is 239 g/mol. The molecule has 0 saturated heterocycles. The maximum absolute atomic E-state index is 10.7. The first-order valence-corrected chi connectivity index (χ1v) is 5.23. The maximum atomic E-state index is 10.7. The Morgan fingerprint density at radius 3 is 2.94 bits per heavy atom. The van der Waals surface area contributed by atoms with Gasteiger partial charge >= 0.3 is 5.97 Å². The van der Waals surface area contributed by atoms with Gasteiger partial charge in [-0.2, -0.15) is 0 Å². The van der Waals surface area contributed by atoms with E-state index in [1.54, 1.807) is 6.07 Å². The van der Waals surface area contributed by atoms with Crippen molar-refractivity contribution < 1.29 is 9.90 Å². The van der Waals surface area contributed by atoms with Gasteiger partial charge in [0.2, 0.25) is 5.82 Å². The Kier molecular flexibility index (Phi) is 2.70. The van der Waals surface area contributed by atoms with Crippen molar-refractivity contribution in [2.24, 2.45) is 0 Å². The van der Waals surface area contributed by atoms with E-state index in [0.717, 1.165) is 5.56 Å². The first kappa shape index (κ1) is 10.8. The molecule has 6 heteroatoms. The minimum absolute atomic E-state index is 0.107. The second-order valence-electron chi connectivity index (χ2n) is 3.36. The number of halogens is 1. The number of carboxylic acids is 1. The molecule has 0 fully saturated rings. The van der Waals surface area contributed by atoms with Crippen LogP contribution in [0, 0.1) is 0 Å². The summed E-state index contributed by atoms with van der Waals surface area (Å²) in [5.41, 5.74) is 8.36. The lowest BCUT2D eigenvalue weighted by atomic mass is 10.1. The molecule has 4 N–H and O–H groups in total. The summed E-state index contributed by atoms with van der Waals surface area (Å²) < 4.78 is 0. The summed E-state index contributed by atoms with van der Waals surface area (Å²) in [6.45, 7) is 0. The molecule has 5 nitrogen and oxygen atoms in total. The van der Waals surface area contributed by atoms with E-state index in [0.29, 0.717) is 29.0 Å². The van der Waals surface area contributed by atoms with Gasteiger partial charge < -0.3 is 15.8 Å². The number of nitrogens with two attached hydrogens (primary N) is 1. The Hall–Kier alpha value is -1.75. The van der Waals surface area contributed by atoms with Gasteiger partial charge in [-0.15, -0.1) is 11.6 Å². The van der Waals surface area contributed by atoms with Gasteiger partial charge in [-0.1, -0.05) is 6.07 Å². The van der Waals surface area contributed by atoms with Crippen LogP contribution in [0.1, 0.15) is 16.2 Å². The van der Waals surface area contributed by atoms with Crippen molar-refractivity contribution in [3.8, 4) is 0 Å². The number of carboxylic acid groups (broad SMARTS) is 1. The molecule has 0 amide bonds. The summed E-state index contributed by atoms with van der Waals surface area (Å²) in [6.07, 6.45) is 0.637. The van der Waals surface area contributed by atoms with E-state index < -0.39 is 5.97 Å². The van der Waals surface area contributed by atoms with E-state index in [-0.39, 0.29) is 5.82 Å². The molecule has 0 atom stereocenters. The lowest BCUT2D eigenvalue weighted by Gasteiger charge is -2.02. The summed E-state index contributed by atoms with van der Waals surface area (Å²) >= 11 is 5.64. The smallest absolute Gasteiger partial charge is 0.371 e. The molecule has 16 heavy (non-hydrogen) atoms. The highest BCUT2D eigenvalue weighted by Crippen LogP contribution is 2.23. The number of rotatable bonds is 3. The molecule has 0 radical (unpaired) electrons. The highest BCUT2D eigenvalue weighted by atomic mass is 35.5. The zero-order valence-electron chi connectivity index (χ0n) is 8.33. The van der Waals surface area contributed by atoms with Gasteiger partial charge in [0.1, 0.15) is 5.52 Å². The highest BCUT2D eigenvalue weighted by molar-refractivity contribution is 6.18. The van der Waals surface area contributed by atoms with Gasteiger partial charge in [0.05, 0.1) is 11.2 Å². The number of aromatic nitrogens is 2. The van der Waals surface area contributed by atoms with Crippen LogP contribution >= 0.6 is 11.6 Å². The minimum atomic E-state index is -1.10. The molecule has 1 aromatic heterocycles. The van der Waals surface area contributed by atoms with Crippen LogP contribution in [0.2, 0.25) is 0 Å². The number of nitrogen functional groups attached to an aromatic ring is 1. The zero-order valence-corrected chi connectivity index (χ0v) is 9.08. The Morgan fingerprint density at radius 2 is 2.31 bits per heavy atom. The molecule has 0 bridgehead atoms. The normalized spacial score (nSPS) is 10.8. The van der Waals surface area contributed by atoms with Crippen LogP contribution < -0.4 is 5.73 Å². The summed E-state index contributed by atoms with van der Waals surface area (Å²) in [7, 11) is 0. The maximum Gasteiger partial charge on any atom is 0.371 e. The topological polar surface area (TPSA) is 92.0 Å². The third-order valence-electron chi connectivity index (χ3n) is 2.35. The van der Waals surface area contributed by atoms with E-state index in [1.165, 1.54) is 0 Å². The molecule has 0 aliphatic carbocycles. The van der Waals surface area contributed by atoms with Crippen molar-refractivity contribution in [2.45, 2.75) is 6.42 Å². The van der Waals surface area contributed by atoms with Crippen LogP contribution in [0.15, 0.2) is 12.1 Å². The molecule has 84 valence electrons. The van der Waals surface area contributed by atoms with Crippen LogP contribution in [0.4, 0.5) is 5.69 Å². The Morgan fingerprint density at radius 1 is 1.56 bits per heavy atom. The second-order valence-corrected chi connectivity index (χ2v) is 3.74. The van der Waals surface area contributed by atoms with Crippen molar-refractivity contribution >= 4 is 34.3 Å². The van der Waals surface area contributed by atoms with Crippen LogP contribution in [0.25, 0.3) is 11.0 Å². The number of hydrogen-bond acceptors (Lipinski definition) is 3. The number of fused-ring (bicyclic) bond motifs is 1. The third-order valence-corrected chi connectivity index (χ3v) is 2.54. The number of benzene rings is 1. The molecule has 0 aliphatic rings. The first-order valence-electron chi connectivity index (χ1n) is 4.70. The van der Waals surface area contributed by atoms with Gasteiger partial charge in [0.25, 0.3) is 0 Å². The fraction of sp³-hybridized carbons (Fsp3) is 0.200. The quantitative estimate of drug-likeness (QED) is 0.561. The molecule has 0 aliphatic heterocycles. The summed E-state index contributed by atoms with van der Waals surface area (Å²) in [6, 6.07) is 3.58. The summed E-state index contributed by atoms with van der Waals surface area (Å²) in [5, 5.41) is 8.79. The van der Waals surface area contributed by atoms with Gasteiger partial charge in [-0.25, -0.2) is 9.78 Å². The van der Waals surface area contributed by atoms with Crippen molar-refractivity contribution in [1.82, 2.24) is 9.97 Å². The number of aryl methyl sites for hydroxylation is 1. The number of nitrogens with zero attached hydrogens (tertiary/aromatic N) is 1. The Bertz CT molecular complexity index is 550. The number of hydrogen-bond donors (Lipinski definition) is 3. The lowest BCUT2D eigenvalue weighted by molar-refractivity contribution is 0.0685. The molecular formula is C10H10ClN3O2. The van der Waals surface area contributed by atoms with Gasteiger partial charge in [-0.3, -0.25) is 0 Å². The van der Waals surface area contributed by atoms with Gasteiger partial charge in [0.15, 0.2) is 0 Å². The SMILES string of the molecule is Nc1c(CCCl)ccc2[nH]c(C(=O)O)nc12. The van der Waals surface area contributed by atoms with Crippen molar-refractivity contribution in [2.75, 3.05) is 11.6 Å². The highest BCUT2D eigenvalue weighted by Gasteiger charge is 2.13. The number of alkyl halides is 1. The van der Waals surface area contributed by atoms with Gasteiger partial charge in [0, 0.05) is 5.88 Å². The fourth-order valence-corrected chi connectivity index (χ4v) is 1.76. The van der Waals surface area contributed by atoms with Crippen molar-refractivity contribution in [3.05, 3.63) is 23.5 Å². The zero-order chi connectivity index (χ0) is 11.7. The number of H-pyrrole nitrogens is 1. The van der Waals surface area contributed by atoms with Crippen molar-refractivity contribution in [3.63, 3.8) is 0 Å². The Labute approximate surface area is 96.2 Å². The molecule has 0 unspecified atom stereocenters. The fourth-order valence-electron chi connectivity index (χ4n) is 1.56. The minimum Gasteiger partial charge on any atom is -0.475 e. The van der Waals surface area contributed by atoms with E-state index in [4.69, 9.17) is 22.4 Å². The average Bonchev–Trinajstić information content (AvgIpc) is 2.67. The summed E-state index contributed by atoms with van der Waals surface area (Å²) in [4.78, 5) is 17.3. The third kappa shape index (κ3) is 1.69. The first-order chi connectivity index (χ1) is 7.63. The van der Waals surface area contributed by atoms with Crippen molar-refractivity contribution in [1.29, 1.82) is 0 Å². The molecule has 2 aromatic rings. The Balaban J connectivity index is 2.60. The van der Waals surface area contributed by atoms with E-state index >= 15 is 0 Å². The van der Waals surface area contributed by atoms with Gasteiger partial charge in [-0.05, 0) is 18.1 Å². The largest absolute Gasteiger partial charge is 0.475 e. The van der Waals surface area contributed by atoms with Crippen LogP contribution in [0.5, 0.6) is 0 Å². The average molecular weight is 240 g/mol. The molecular weight excluding hydrogens is 230 g/mol. The standard InChI is InChI=1S/C10H10ClN3O2/c11-4-3-5-1-2-6-8(7(5)12)14-9(13-6)10(15)16/h1-2H,3-4,12H2,(H,13,14)(H,15,16). The number of nitrogens with one attached hydrogen (secondary N) is 1. The van der Waals surface area contributed by atoms with E-state index in [9.17, 15) is 4.79 Å². The predicted octanol–water partition coefficient (Wildman–Crippen LogP) is 1.62.